The Kier molecular flexibility index (Phi) is 2.76. The van der Waals surface area contributed by atoms with E-state index in [1.54, 1.807) is 32.0 Å². The number of halogens is 1. The molecule has 0 fully saturated rings. The molecule has 0 aliphatic heterocycles. The zero-order valence-electron chi connectivity index (χ0n) is 7.54. The minimum atomic E-state index is -0.645. The number of rotatable bonds is 2. The van der Waals surface area contributed by atoms with Crippen LogP contribution >= 0.6 is 15.9 Å². The monoisotopic (exact) mass is 242 g/mol. The summed E-state index contributed by atoms with van der Waals surface area (Å²) >= 11 is 3.29. The molecule has 0 spiro atoms. The van der Waals surface area contributed by atoms with Gasteiger partial charge >= 0.3 is 0 Å². The predicted octanol–water partition coefficient (Wildman–Crippen LogP) is 2.63. The molecule has 0 saturated carbocycles. The highest BCUT2D eigenvalue weighted by molar-refractivity contribution is 9.10. The zero-order valence-corrected chi connectivity index (χ0v) is 9.13. The summed E-state index contributed by atoms with van der Waals surface area (Å²) in [6.07, 6.45) is 0.828. The molecule has 1 rings (SSSR count). The molecule has 1 aromatic rings. The van der Waals surface area contributed by atoms with E-state index < -0.39 is 5.41 Å². The van der Waals surface area contributed by atoms with Crippen LogP contribution < -0.4 is 0 Å². The van der Waals surface area contributed by atoms with Crippen LogP contribution in [0.2, 0.25) is 0 Å². The zero-order chi connectivity index (χ0) is 10.1. The third-order valence-corrected chi connectivity index (χ3v) is 2.44. The van der Waals surface area contributed by atoms with E-state index in [1.807, 2.05) is 0 Å². The molecule has 70 valence electrons. The predicted molar refractivity (Wildman–Crippen MR) is 54.9 cm³/mol. The molecule has 0 atom stereocenters. The molecule has 2 nitrogen and oxygen atoms in total. The van der Waals surface area contributed by atoms with E-state index in [0.717, 1.165) is 10.8 Å². The van der Waals surface area contributed by atoms with Gasteiger partial charge in [0.1, 0.15) is 12.0 Å². The van der Waals surface area contributed by atoms with Gasteiger partial charge in [-0.05, 0) is 32.0 Å². The molecule has 3 heteroatoms. The fraction of sp³-hybridized carbons (Fsp3) is 0.300. The Morgan fingerprint density at radius 1 is 1.46 bits per heavy atom. The first-order chi connectivity index (χ1) is 5.97. The van der Waals surface area contributed by atoms with Crippen LogP contribution in [0.1, 0.15) is 19.4 Å². The molecule has 0 aromatic heterocycles. The van der Waals surface area contributed by atoms with Crippen molar-refractivity contribution in [2.45, 2.75) is 19.3 Å². The molecular formula is C10H11BrO2. The summed E-state index contributed by atoms with van der Waals surface area (Å²) in [5, 5.41) is 9.52. The molecule has 0 heterocycles. The Balaban J connectivity index is 3.28. The third-order valence-electron chi connectivity index (χ3n) is 1.95. The highest BCUT2D eigenvalue weighted by Crippen LogP contribution is 2.31. The lowest BCUT2D eigenvalue weighted by Gasteiger charge is -2.18. The van der Waals surface area contributed by atoms with Crippen LogP contribution in [0, 0.1) is 0 Å². The maximum absolute atomic E-state index is 10.8. The normalized spacial score (nSPS) is 11.3. The third kappa shape index (κ3) is 2.10. The Morgan fingerprint density at radius 3 is 2.62 bits per heavy atom. The summed E-state index contributed by atoms with van der Waals surface area (Å²) in [5.74, 6) is 0.153. The molecule has 0 aliphatic carbocycles. The molecule has 0 aliphatic rings. The van der Waals surface area contributed by atoms with E-state index in [4.69, 9.17) is 0 Å². The lowest BCUT2D eigenvalue weighted by Crippen LogP contribution is -2.18. The number of aromatic hydroxyl groups is 1. The minimum Gasteiger partial charge on any atom is -0.508 e. The van der Waals surface area contributed by atoms with Crippen LogP contribution in [0.15, 0.2) is 22.7 Å². The van der Waals surface area contributed by atoms with Crippen molar-refractivity contribution in [2.24, 2.45) is 0 Å². The molecule has 13 heavy (non-hydrogen) atoms. The Labute approximate surface area is 85.7 Å². The number of carbonyl (C=O) groups excluding carboxylic acids is 1. The lowest BCUT2D eigenvalue weighted by molar-refractivity contribution is -0.111. The number of hydrogen-bond donors (Lipinski definition) is 1. The lowest BCUT2D eigenvalue weighted by atomic mass is 9.86. The number of aldehydes is 1. The van der Waals surface area contributed by atoms with Gasteiger partial charge in [0.2, 0.25) is 0 Å². The quantitative estimate of drug-likeness (QED) is 0.810. The second-order valence-electron chi connectivity index (χ2n) is 3.50. The van der Waals surface area contributed by atoms with Gasteiger partial charge in [0.25, 0.3) is 0 Å². The molecule has 0 radical (unpaired) electrons. The number of benzene rings is 1. The summed E-state index contributed by atoms with van der Waals surface area (Å²) in [4.78, 5) is 10.8. The van der Waals surface area contributed by atoms with Crippen molar-refractivity contribution in [2.75, 3.05) is 0 Å². The van der Waals surface area contributed by atoms with Gasteiger partial charge in [-0.1, -0.05) is 15.9 Å². The van der Waals surface area contributed by atoms with Crippen LogP contribution in [-0.2, 0) is 10.2 Å². The molecule has 0 saturated heterocycles. The van der Waals surface area contributed by atoms with E-state index in [2.05, 4.69) is 15.9 Å². The summed E-state index contributed by atoms with van der Waals surface area (Å²) in [6.45, 7) is 3.53. The van der Waals surface area contributed by atoms with E-state index in [9.17, 15) is 9.90 Å². The Bertz CT molecular complexity index is 332. The first-order valence-corrected chi connectivity index (χ1v) is 4.72. The van der Waals surface area contributed by atoms with Crippen molar-refractivity contribution in [3.05, 3.63) is 28.2 Å². The van der Waals surface area contributed by atoms with Crippen molar-refractivity contribution in [3.8, 4) is 5.75 Å². The van der Waals surface area contributed by atoms with Gasteiger partial charge in [-0.3, -0.25) is 0 Å². The molecule has 1 aromatic carbocycles. The molecule has 1 N–H and O–H groups in total. The summed E-state index contributed by atoms with van der Waals surface area (Å²) < 4.78 is 0.857. The van der Waals surface area contributed by atoms with E-state index >= 15 is 0 Å². The van der Waals surface area contributed by atoms with Crippen LogP contribution in [-0.4, -0.2) is 11.4 Å². The largest absolute Gasteiger partial charge is 0.508 e. The van der Waals surface area contributed by atoms with Gasteiger partial charge in [0.05, 0.1) is 0 Å². The van der Waals surface area contributed by atoms with Crippen LogP contribution in [0.4, 0.5) is 0 Å². The van der Waals surface area contributed by atoms with Crippen molar-refractivity contribution in [3.63, 3.8) is 0 Å². The van der Waals surface area contributed by atoms with E-state index in [-0.39, 0.29) is 5.75 Å². The first kappa shape index (κ1) is 10.3. The topological polar surface area (TPSA) is 37.3 Å². The van der Waals surface area contributed by atoms with Crippen LogP contribution in [0.3, 0.4) is 0 Å². The second-order valence-corrected chi connectivity index (χ2v) is 4.42. The van der Waals surface area contributed by atoms with Gasteiger partial charge < -0.3 is 9.90 Å². The average Bonchev–Trinajstić information content (AvgIpc) is 2.09. The summed E-state index contributed by atoms with van der Waals surface area (Å²) in [6, 6.07) is 5.06. The van der Waals surface area contributed by atoms with Crippen LogP contribution in [0.5, 0.6) is 5.75 Å². The Hall–Kier alpha value is -0.830. The maximum atomic E-state index is 10.8. The van der Waals surface area contributed by atoms with Gasteiger partial charge in [-0.15, -0.1) is 0 Å². The summed E-state index contributed by atoms with van der Waals surface area (Å²) in [5.41, 5.74) is -0.00898. The van der Waals surface area contributed by atoms with E-state index in [1.165, 1.54) is 0 Å². The number of phenols is 1. The molecule has 0 amide bonds. The minimum absolute atomic E-state index is 0.153. The second kappa shape index (κ2) is 3.50. The van der Waals surface area contributed by atoms with Crippen molar-refractivity contribution in [1.82, 2.24) is 0 Å². The van der Waals surface area contributed by atoms with E-state index in [0.29, 0.717) is 5.56 Å². The molecule has 0 unspecified atom stereocenters. The average molecular weight is 243 g/mol. The van der Waals surface area contributed by atoms with Gasteiger partial charge in [0, 0.05) is 15.5 Å². The van der Waals surface area contributed by atoms with Gasteiger partial charge in [0.15, 0.2) is 0 Å². The Morgan fingerprint density at radius 2 is 2.08 bits per heavy atom. The number of hydrogen-bond acceptors (Lipinski definition) is 2. The van der Waals surface area contributed by atoms with Gasteiger partial charge in [-0.25, -0.2) is 0 Å². The fourth-order valence-corrected chi connectivity index (χ4v) is 1.45. The van der Waals surface area contributed by atoms with Crippen LogP contribution in [0.25, 0.3) is 0 Å². The highest BCUT2D eigenvalue weighted by atomic mass is 79.9. The molecular weight excluding hydrogens is 232 g/mol. The van der Waals surface area contributed by atoms with Crippen molar-refractivity contribution < 1.29 is 9.90 Å². The standard InChI is InChI=1S/C10H11BrO2/c1-10(2,6-12)8-5-7(11)3-4-9(8)13/h3-6,13H,1-2H3. The molecule has 0 bridgehead atoms. The number of carbonyl (C=O) groups is 1. The maximum Gasteiger partial charge on any atom is 0.130 e. The first-order valence-electron chi connectivity index (χ1n) is 3.93. The SMILES string of the molecule is CC(C)(C=O)c1cc(Br)ccc1O. The number of phenolic OH excluding ortho intramolecular Hbond substituents is 1. The highest BCUT2D eigenvalue weighted by Gasteiger charge is 2.23. The van der Waals surface area contributed by atoms with Gasteiger partial charge in [-0.2, -0.15) is 0 Å². The smallest absolute Gasteiger partial charge is 0.130 e. The summed E-state index contributed by atoms with van der Waals surface area (Å²) in [7, 11) is 0. The van der Waals surface area contributed by atoms with Crippen molar-refractivity contribution >= 4 is 22.2 Å². The fourth-order valence-electron chi connectivity index (χ4n) is 1.09. The van der Waals surface area contributed by atoms with Crippen molar-refractivity contribution in [1.29, 1.82) is 0 Å².